The Bertz CT molecular complexity index is 1000. The first-order valence-electron chi connectivity index (χ1n) is 7.98. The molecule has 28 heavy (non-hydrogen) atoms. The van der Waals surface area contributed by atoms with Crippen molar-refractivity contribution in [3.63, 3.8) is 0 Å². The first-order valence-corrected chi connectivity index (χ1v) is 10.3. The number of halogens is 3. The molecule has 148 valence electrons. The molecule has 0 aliphatic carbocycles. The topological polar surface area (TPSA) is 89.3 Å². The number of aromatic nitrogens is 2. The fraction of sp³-hybridized carbons (Fsp3) is 0.176. The molecule has 0 saturated heterocycles. The third-order valence-electron chi connectivity index (χ3n) is 3.44. The van der Waals surface area contributed by atoms with Gasteiger partial charge in [0.2, 0.25) is 5.82 Å². The Morgan fingerprint density at radius 3 is 2.75 bits per heavy atom. The van der Waals surface area contributed by atoms with E-state index in [1.165, 1.54) is 6.20 Å². The molecule has 3 rings (SSSR count). The summed E-state index contributed by atoms with van der Waals surface area (Å²) in [5, 5.41) is 3.60. The fourth-order valence-corrected chi connectivity index (χ4v) is 3.79. The highest BCUT2D eigenvalue weighted by molar-refractivity contribution is 7.86. The lowest BCUT2D eigenvalue weighted by molar-refractivity contribution is 0.257. The van der Waals surface area contributed by atoms with E-state index < -0.39 is 11.0 Å². The van der Waals surface area contributed by atoms with Gasteiger partial charge in [0.15, 0.2) is 16.1 Å². The van der Waals surface area contributed by atoms with Gasteiger partial charge in [0.1, 0.15) is 18.1 Å². The zero-order valence-corrected chi connectivity index (χ0v) is 17.6. The maximum absolute atomic E-state index is 12.6. The number of ether oxygens (including phenoxy) is 1. The molecule has 0 radical (unpaired) electrons. The van der Waals surface area contributed by atoms with Crippen molar-refractivity contribution >= 4 is 51.6 Å². The van der Waals surface area contributed by atoms with Crippen molar-refractivity contribution in [1.82, 2.24) is 15.3 Å². The van der Waals surface area contributed by atoms with Gasteiger partial charge in [-0.15, -0.1) is 0 Å². The molecule has 7 nitrogen and oxygen atoms in total. The van der Waals surface area contributed by atoms with Crippen LogP contribution in [0.4, 0.5) is 5.82 Å². The van der Waals surface area contributed by atoms with Gasteiger partial charge in [0.25, 0.3) is 5.88 Å². The van der Waals surface area contributed by atoms with Crippen molar-refractivity contribution < 1.29 is 13.4 Å². The van der Waals surface area contributed by atoms with E-state index in [9.17, 15) is 4.21 Å². The zero-order valence-electron chi connectivity index (χ0n) is 14.5. The molecule has 2 heterocycles. The monoisotopic (exact) mass is 460 g/mol. The average molecular weight is 462 g/mol. The summed E-state index contributed by atoms with van der Waals surface area (Å²) < 4.78 is 26.6. The van der Waals surface area contributed by atoms with Crippen molar-refractivity contribution in [2.24, 2.45) is 0 Å². The summed E-state index contributed by atoms with van der Waals surface area (Å²) in [5.74, 6) is 1.58. The van der Waals surface area contributed by atoms with Crippen molar-refractivity contribution in [1.29, 1.82) is 0 Å². The molecule has 0 amide bonds. The van der Waals surface area contributed by atoms with Crippen LogP contribution in [0, 0.1) is 0 Å². The number of rotatable bonds is 8. The van der Waals surface area contributed by atoms with Gasteiger partial charge in [0.05, 0.1) is 27.7 Å². The Kier molecular flexibility index (Phi) is 7.14. The van der Waals surface area contributed by atoms with Crippen LogP contribution in [0.3, 0.4) is 0 Å². The largest absolute Gasteiger partial charge is 0.467 e. The minimum absolute atomic E-state index is 0.0746. The Morgan fingerprint density at radius 1 is 1.18 bits per heavy atom. The lowest BCUT2D eigenvalue weighted by Gasteiger charge is -2.11. The number of anilines is 1. The molecule has 1 unspecified atom stereocenters. The predicted octanol–water partition coefficient (Wildman–Crippen LogP) is 4.46. The maximum atomic E-state index is 12.6. The second-order valence-corrected chi connectivity index (χ2v) is 7.81. The molecule has 0 aliphatic rings. The van der Waals surface area contributed by atoms with E-state index in [4.69, 9.17) is 44.0 Å². The van der Waals surface area contributed by atoms with Gasteiger partial charge in [-0.05, 0) is 31.3 Å². The van der Waals surface area contributed by atoms with Crippen molar-refractivity contribution in [2.75, 3.05) is 11.8 Å². The van der Waals surface area contributed by atoms with Crippen LogP contribution in [0.25, 0.3) is 0 Å². The van der Waals surface area contributed by atoms with Crippen LogP contribution in [-0.2, 0) is 24.1 Å². The molecule has 2 aromatic heterocycles. The normalized spacial score (nSPS) is 12.0. The Labute approximate surface area is 179 Å². The first-order chi connectivity index (χ1) is 13.5. The van der Waals surface area contributed by atoms with Gasteiger partial charge < -0.3 is 14.5 Å². The smallest absolute Gasteiger partial charge is 0.260 e. The highest BCUT2D eigenvalue weighted by atomic mass is 35.5. The van der Waals surface area contributed by atoms with Gasteiger partial charge in [-0.1, -0.05) is 40.9 Å². The average Bonchev–Trinajstić information content (AvgIpc) is 3.12. The first kappa shape index (κ1) is 20.9. The molecule has 0 spiro atoms. The molecular formula is C17H15Cl3N4O3S. The summed E-state index contributed by atoms with van der Waals surface area (Å²) in [6.07, 6.45) is 1.31. The van der Waals surface area contributed by atoms with Crippen LogP contribution in [0.1, 0.15) is 11.5 Å². The van der Waals surface area contributed by atoms with Crippen molar-refractivity contribution in [2.45, 2.75) is 18.0 Å². The molecule has 0 aliphatic heterocycles. The van der Waals surface area contributed by atoms with Crippen LogP contribution < -0.4 is 14.8 Å². The quantitative estimate of drug-likeness (QED) is 0.515. The van der Waals surface area contributed by atoms with Crippen LogP contribution in [0.15, 0.2) is 45.8 Å². The molecule has 0 saturated carbocycles. The van der Waals surface area contributed by atoms with Gasteiger partial charge in [-0.25, -0.2) is 9.19 Å². The predicted molar refractivity (Wildman–Crippen MR) is 109 cm³/mol. The minimum atomic E-state index is -1.74. The standard InChI is InChI=1S/C17H15Cl3N4O3S/c1-21-7-10-5-6-11(27-10)9-26-17-16(22-8-14(19)23-17)24-28(25)13-4-2-3-12(18)15(13)20/h2-6,8,21H,7,9H2,1H3,(H,22,24). The molecular weight excluding hydrogens is 447 g/mol. The number of hydrogen-bond donors (Lipinski definition) is 2. The Hall–Kier alpha value is -1.84. The summed E-state index contributed by atoms with van der Waals surface area (Å²) in [7, 11) is 0.0804. The van der Waals surface area contributed by atoms with E-state index in [1.54, 1.807) is 24.3 Å². The van der Waals surface area contributed by atoms with Gasteiger partial charge in [0, 0.05) is 0 Å². The number of nitrogens with one attached hydrogen (secondary N) is 2. The van der Waals surface area contributed by atoms with Gasteiger partial charge >= 0.3 is 0 Å². The van der Waals surface area contributed by atoms with E-state index >= 15 is 0 Å². The second kappa shape index (κ2) is 9.58. The van der Waals surface area contributed by atoms with E-state index in [-0.39, 0.29) is 28.5 Å². The number of benzene rings is 1. The van der Waals surface area contributed by atoms with E-state index in [0.717, 1.165) is 5.76 Å². The summed E-state index contributed by atoms with van der Waals surface area (Å²) in [5.41, 5.74) is 0. The lowest BCUT2D eigenvalue weighted by atomic mass is 10.4. The fourth-order valence-electron chi connectivity index (χ4n) is 2.20. The molecule has 0 fully saturated rings. The van der Waals surface area contributed by atoms with Crippen molar-refractivity contribution in [3.8, 4) is 5.88 Å². The molecule has 1 aromatic carbocycles. The molecule has 0 bridgehead atoms. The zero-order chi connectivity index (χ0) is 20.1. The highest BCUT2D eigenvalue weighted by Gasteiger charge is 2.16. The van der Waals surface area contributed by atoms with Crippen LogP contribution >= 0.6 is 34.8 Å². The molecule has 3 aromatic rings. The summed E-state index contributed by atoms with van der Waals surface area (Å²) in [6.45, 7) is 0.696. The third kappa shape index (κ3) is 5.15. The number of furan rings is 1. The highest BCUT2D eigenvalue weighted by Crippen LogP contribution is 2.30. The second-order valence-electron chi connectivity index (χ2n) is 5.46. The summed E-state index contributed by atoms with van der Waals surface area (Å²) in [4.78, 5) is 8.50. The Morgan fingerprint density at radius 2 is 1.96 bits per heavy atom. The van der Waals surface area contributed by atoms with Gasteiger partial charge in [-0.2, -0.15) is 4.98 Å². The van der Waals surface area contributed by atoms with Crippen LogP contribution in [-0.4, -0.2) is 21.2 Å². The number of hydrogen-bond acceptors (Lipinski definition) is 6. The van der Waals surface area contributed by atoms with E-state index in [2.05, 4.69) is 20.0 Å². The van der Waals surface area contributed by atoms with Crippen LogP contribution in [0.5, 0.6) is 5.88 Å². The minimum Gasteiger partial charge on any atom is -0.467 e. The SMILES string of the molecule is CNCc1ccc(COc2nc(Cl)cnc2NS(=O)c2cccc(Cl)c2Cl)o1. The summed E-state index contributed by atoms with van der Waals surface area (Å²) >= 11 is 18.0. The maximum Gasteiger partial charge on any atom is 0.260 e. The van der Waals surface area contributed by atoms with Crippen molar-refractivity contribution in [3.05, 3.63) is 63.2 Å². The Balaban J connectivity index is 1.76. The number of nitrogens with zero attached hydrogens (tertiary/aromatic N) is 2. The third-order valence-corrected chi connectivity index (χ3v) is 5.67. The van der Waals surface area contributed by atoms with E-state index in [0.29, 0.717) is 22.2 Å². The lowest BCUT2D eigenvalue weighted by Crippen LogP contribution is -2.10. The molecule has 2 N–H and O–H groups in total. The van der Waals surface area contributed by atoms with Gasteiger partial charge in [-0.3, -0.25) is 4.72 Å². The molecule has 1 atom stereocenters. The molecule has 11 heteroatoms. The van der Waals surface area contributed by atoms with Crippen LogP contribution in [0.2, 0.25) is 15.2 Å². The summed E-state index contributed by atoms with van der Waals surface area (Å²) in [6, 6.07) is 8.48. The van der Waals surface area contributed by atoms with E-state index in [1.807, 2.05) is 13.1 Å².